The first-order chi connectivity index (χ1) is 6.36. The van der Waals surface area contributed by atoms with Crippen molar-refractivity contribution in [3.05, 3.63) is 35.4 Å². The maximum absolute atomic E-state index is 10.5. The number of carbonyl (C=O) groups is 1. The van der Waals surface area contributed by atoms with Gasteiger partial charge in [0.05, 0.1) is 0 Å². The van der Waals surface area contributed by atoms with Crippen molar-refractivity contribution in [2.24, 2.45) is 0 Å². The van der Waals surface area contributed by atoms with Crippen molar-refractivity contribution < 1.29 is 4.79 Å². The first-order valence-electron chi connectivity index (χ1n) is 4.47. The number of hydrogen-bond donors (Lipinski definition) is 0. The van der Waals surface area contributed by atoms with Gasteiger partial charge in [-0.2, -0.15) is 0 Å². The summed E-state index contributed by atoms with van der Waals surface area (Å²) in [4.78, 5) is 10.5. The van der Waals surface area contributed by atoms with Crippen LogP contribution in [0.15, 0.2) is 24.3 Å². The largest absolute Gasteiger partial charge is 0.298 e. The lowest BCUT2D eigenvalue weighted by Gasteiger charge is -2.00. The molecule has 0 aliphatic rings. The molecule has 13 heavy (non-hydrogen) atoms. The molecule has 1 aromatic rings. The number of alkyl halides is 1. The molecule has 0 amide bonds. The van der Waals surface area contributed by atoms with Gasteiger partial charge in [0, 0.05) is 10.9 Å². The topological polar surface area (TPSA) is 17.1 Å². The van der Waals surface area contributed by atoms with Crippen LogP contribution in [-0.4, -0.2) is 11.6 Å². The highest BCUT2D eigenvalue weighted by molar-refractivity contribution is 9.09. The number of aryl methyl sites for hydroxylation is 1. The Morgan fingerprint density at radius 2 is 2.15 bits per heavy atom. The fourth-order valence-corrected chi connectivity index (χ4v) is 1.64. The first kappa shape index (κ1) is 10.5. The Hall–Kier alpha value is -0.630. The molecule has 0 aromatic heterocycles. The van der Waals surface area contributed by atoms with Gasteiger partial charge >= 0.3 is 0 Å². The lowest BCUT2D eigenvalue weighted by atomic mass is 10.1. The summed E-state index contributed by atoms with van der Waals surface area (Å²) in [5.41, 5.74) is 2.03. The van der Waals surface area contributed by atoms with E-state index in [0.29, 0.717) is 0 Å². The highest BCUT2D eigenvalue weighted by Gasteiger charge is 1.94. The maximum Gasteiger partial charge on any atom is 0.150 e. The molecule has 0 fully saturated rings. The molecular formula is C11H13BrO. The van der Waals surface area contributed by atoms with Gasteiger partial charge < -0.3 is 0 Å². The van der Waals surface area contributed by atoms with Crippen LogP contribution in [0.25, 0.3) is 0 Å². The number of unbranched alkanes of at least 4 members (excludes halogenated alkanes) is 1. The van der Waals surface area contributed by atoms with Crippen LogP contribution in [0, 0.1) is 0 Å². The molecule has 0 N–H and O–H groups in total. The fourth-order valence-electron chi connectivity index (χ4n) is 1.25. The molecule has 0 saturated heterocycles. The fraction of sp³-hybridized carbons (Fsp3) is 0.364. The van der Waals surface area contributed by atoms with Crippen molar-refractivity contribution in [3.8, 4) is 0 Å². The summed E-state index contributed by atoms with van der Waals surface area (Å²) >= 11 is 3.39. The van der Waals surface area contributed by atoms with Gasteiger partial charge in [0.15, 0.2) is 0 Å². The van der Waals surface area contributed by atoms with Gasteiger partial charge in [-0.15, -0.1) is 0 Å². The lowest BCUT2D eigenvalue weighted by Crippen LogP contribution is -1.88. The molecule has 0 radical (unpaired) electrons. The molecule has 0 spiro atoms. The van der Waals surface area contributed by atoms with E-state index >= 15 is 0 Å². The van der Waals surface area contributed by atoms with E-state index in [2.05, 4.69) is 22.0 Å². The van der Waals surface area contributed by atoms with Gasteiger partial charge in [-0.1, -0.05) is 34.1 Å². The Bertz CT molecular complexity index is 271. The van der Waals surface area contributed by atoms with E-state index in [4.69, 9.17) is 0 Å². The molecule has 0 bridgehead atoms. The van der Waals surface area contributed by atoms with E-state index in [1.165, 1.54) is 18.4 Å². The van der Waals surface area contributed by atoms with Crippen LogP contribution in [0.5, 0.6) is 0 Å². The summed E-state index contributed by atoms with van der Waals surface area (Å²) in [6.07, 6.45) is 4.32. The minimum atomic E-state index is 0.774. The predicted molar refractivity (Wildman–Crippen MR) is 58.6 cm³/mol. The standard InChI is InChI=1S/C11H13BrO/c12-7-2-1-4-10-5-3-6-11(8-10)9-13/h3,5-6,8-9H,1-2,4,7H2. The Morgan fingerprint density at radius 3 is 2.85 bits per heavy atom. The van der Waals surface area contributed by atoms with Crippen LogP contribution in [0.2, 0.25) is 0 Å². The lowest BCUT2D eigenvalue weighted by molar-refractivity contribution is 0.112. The van der Waals surface area contributed by atoms with E-state index in [1.54, 1.807) is 0 Å². The van der Waals surface area contributed by atoms with Gasteiger partial charge in [-0.3, -0.25) is 4.79 Å². The molecule has 0 saturated carbocycles. The third-order valence-corrected chi connectivity index (χ3v) is 2.50. The van der Waals surface area contributed by atoms with E-state index in [-0.39, 0.29) is 0 Å². The minimum Gasteiger partial charge on any atom is -0.298 e. The third-order valence-electron chi connectivity index (χ3n) is 1.94. The summed E-state index contributed by atoms with van der Waals surface area (Å²) in [5, 5.41) is 1.06. The predicted octanol–water partition coefficient (Wildman–Crippen LogP) is 3.22. The zero-order valence-corrected chi connectivity index (χ0v) is 9.09. The molecule has 1 rings (SSSR count). The van der Waals surface area contributed by atoms with Crippen LogP contribution in [0.4, 0.5) is 0 Å². The van der Waals surface area contributed by atoms with E-state index in [9.17, 15) is 4.79 Å². The van der Waals surface area contributed by atoms with E-state index < -0.39 is 0 Å². The molecule has 2 heteroatoms. The van der Waals surface area contributed by atoms with Crippen LogP contribution in [0.1, 0.15) is 28.8 Å². The molecule has 0 aliphatic heterocycles. The second-order valence-electron chi connectivity index (χ2n) is 3.01. The summed E-state index contributed by atoms with van der Waals surface area (Å²) in [6.45, 7) is 0. The smallest absolute Gasteiger partial charge is 0.150 e. The minimum absolute atomic E-state index is 0.774. The van der Waals surface area contributed by atoms with E-state index in [0.717, 1.165) is 23.6 Å². The van der Waals surface area contributed by atoms with Crippen LogP contribution in [0.3, 0.4) is 0 Å². The summed E-state index contributed by atoms with van der Waals surface area (Å²) in [7, 11) is 0. The second kappa shape index (κ2) is 5.92. The van der Waals surface area contributed by atoms with Crippen LogP contribution < -0.4 is 0 Å². The van der Waals surface area contributed by atoms with Crippen molar-refractivity contribution in [1.29, 1.82) is 0 Å². The number of carbonyl (C=O) groups excluding carboxylic acids is 1. The monoisotopic (exact) mass is 240 g/mol. The molecule has 0 unspecified atom stereocenters. The average Bonchev–Trinajstić information content (AvgIpc) is 2.19. The van der Waals surface area contributed by atoms with Crippen molar-refractivity contribution in [2.45, 2.75) is 19.3 Å². The molecule has 1 nitrogen and oxygen atoms in total. The molecular weight excluding hydrogens is 228 g/mol. The second-order valence-corrected chi connectivity index (χ2v) is 3.80. The quantitative estimate of drug-likeness (QED) is 0.439. The van der Waals surface area contributed by atoms with Crippen molar-refractivity contribution >= 4 is 22.2 Å². The summed E-state index contributed by atoms with van der Waals surface area (Å²) in [6, 6.07) is 7.80. The molecule has 0 aliphatic carbocycles. The highest BCUT2D eigenvalue weighted by Crippen LogP contribution is 2.07. The number of rotatable bonds is 5. The Kier molecular flexibility index (Phi) is 4.76. The SMILES string of the molecule is O=Cc1cccc(CCCCBr)c1. The number of hydrogen-bond acceptors (Lipinski definition) is 1. The van der Waals surface area contributed by atoms with E-state index in [1.807, 2.05) is 18.2 Å². The van der Waals surface area contributed by atoms with Crippen LogP contribution >= 0.6 is 15.9 Å². The zero-order valence-electron chi connectivity index (χ0n) is 7.50. The van der Waals surface area contributed by atoms with Gasteiger partial charge in [0.25, 0.3) is 0 Å². The van der Waals surface area contributed by atoms with Gasteiger partial charge in [-0.05, 0) is 30.9 Å². The number of benzene rings is 1. The van der Waals surface area contributed by atoms with Gasteiger partial charge in [0.1, 0.15) is 6.29 Å². The molecule has 0 heterocycles. The van der Waals surface area contributed by atoms with Gasteiger partial charge in [-0.25, -0.2) is 0 Å². The molecule has 70 valence electrons. The summed E-state index contributed by atoms with van der Waals surface area (Å²) in [5.74, 6) is 0. The van der Waals surface area contributed by atoms with Crippen molar-refractivity contribution in [1.82, 2.24) is 0 Å². The maximum atomic E-state index is 10.5. The Morgan fingerprint density at radius 1 is 1.31 bits per heavy atom. The summed E-state index contributed by atoms with van der Waals surface area (Å²) < 4.78 is 0. The Labute approximate surface area is 87.3 Å². The van der Waals surface area contributed by atoms with Crippen LogP contribution in [-0.2, 0) is 6.42 Å². The average molecular weight is 241 g/mol. The number of halogens is 1. The third kappa shape index (κ3) is 3.73. The number of aldehydes is 1. The molecule has 1 aromatic carbocycles. The van der Waals surface area contributed by atoms with Crippen molar-refractivity contribution in [3.63, 3.8) is 0 Å². The van der Waals surface area contributed by atoms with Crippen molar-refractivity contribution in [2.75, 3.05) is 5.33 Å². The molecule has 0 atom stereocenters. The normalized spacial score (nSPS) is 9.92. The highest BCUT2D eigenvalue weighted by atomic mass is 79.9. The van der Waals surface area contributed by atoms with Gasteiger partial charge in [0.2, 0.25) is 0 Å². The zero-order chi connectivity index (χ0) is 9.52. The Balaban J connectivity index is 2.51. The first-order valence-corrected chi connectivity index (χ1v) is 5.59.